The molecule has 1 aliphatic rings. The standard InChI is InChI=1S/C13H17NO2/c15-12-3-5-13(6-4-12)16-9-7-11-2-1-8-14-10-11/h2-6,14-15H,1,7-10H2. The lowest BCUT2D eigenvalue weighted by molar-refractivity contribution is 0.319. The van der Waals surface area contributed by atoms with Gasteiger partial charge in [0.05, 0.1) is 6.61 Å². The van der Waals surface area contributed by atoms with Gasteiger partial charge in [0.15, 0.2) is 0 Å². The molecule has 3 nitrogen and oxygen atoms in total. The van der Waals surface area contributed by atoms with Gasteiger partial charge in [-0.1, -0.05) is 11.6 Å². The third kappa shape index (κ3) is 3.28. The Morgan fingerprint density at radius 2 is 2.06 bits per heavy atom. The van der Waals surface area contributed by atoms with Crippen molar-refractivity contribution in [2.45, 2.75) is 12.8 Å². The van der Waals surface area contributed by atoms with E-state index in [1.54, 1.807) is 24.3 Å². The topological polar surface area (TPSA) is 41.5 Å². The van der Waals surface area contributed by atoms with Crippen LogP contribution in [0.1, 0.15) is 12.8 Å². The van der Waals surface area contributed by atoms with Crippen LogP contribution in [0, 0.1) is 0 Å². The van der Waals surface area contributed by atoms with E-state index in [1.807, 2.05) is 0 Å². The molecule has 1 aromatic carbocycles. The summed E-state index contributed by atoms with van der Waals surface area (Å²) in [6.45, 7) is 2.76. The van der Waals surface area contributed by atoms with Crippen molar-refractivity contribution >= 4 is 0 Å². The van der Waals surface area contributed by atoms with E-state index in [1.165, 1.54) is 5.57 Å². The fourth-order valence-corrected chi connectivity index (χ4v) is 1.73. The molecule has 0 spiro atoms. The van der Waals surface area contributed by atoms with Crippen molar-refractivity contribution < 1.29 is 9.84 Å². The summed E-state index contributed by atoms with van der Waals surface area (Å²) in [4.78, 5) is 0. The predicted octanol–water partition coefficient (Wildman–Crippen LogP) is 2.08. The third-order valence-corrected chi connectivity index (χ3v) is 2.63. The highest BCUT2D eigenvalue weighted by molar-refractivity contribution is 5.30. The molecule has 1 aromatic rings. The van der Waals surface area contributed by atoms with E-state index in [0.29, 0.717) is 6.61 Å². The van der Waals surface area contributed by atoms with Gasteiger partial charge in [0.2, 0.25) is 0 Å². The summed E-state index contributed by atoms with van der Waals surface area (Å²) in [5.74, 6) is 1.08. The zero-order valence-electron chi connectivity index (χ0n) is 9.28. The highest BCUT2D eigenvalue weighted by Crippen LogP contribution is 2.16. The quantitative estimate of drug-likeness (QED) is 0.762. The Bertz CT molecular complexity index is 357. The monoisotopic (exact) mass is 219 g/mol. The minimum atomic E-state index is 0.270. The van der Waals surface area contributed by atoms with Crippen LogP contribution < -0.4 is 10.1 Å². The van der Waals surface area contributed by atoms with Crippen molar-refractivity contribution in [3.8, 4) is 11.5 Å². The lowest BCUT2D eigenvalue weighted by Crippen LogP contribution is -2.23. The molecule has 1 heterocycles. The number of hydrogen-bond acceptors (Lipinski definition) is 3. The Hall–Kier alpha value is -1.48. The zero-order valence-corrected chi connectivity index (χ0v) is 9.28. The van der Waals surface area contributed by atoms with Gasteiger partial charge < -0.3 is 15.2 Å². The molecule has 0 fully saturated rings. The lowest BCUT2D eigenvalue weighted by Gasteiger charge is -2.14. The molecule has 3 heteroatoms. The van der Waals surface area contributed by atoms with Crippen LogP contribution in [-0.2, 0) is 0 Å². The van der Waals surface area contributed by atoms with E-state index in [4.69, 9.17) is 9.84 Å². The van der Waals surface area contributed by atoms with E-state index in [9.17, 15) is 0 Å². The van der Waals surface area contributed by atoms with Gasteiger partial charge >= 0.3 is 0 Å². The number of aromatic hydroxyl groups is 1. The number of benzene rings is 1. The average Bonchev–Trinajstić information content (AvgIpc) is 2.33. The number of ether oxygens (including phenoxy) is 1. The smallest absolute Gasteiger partial charge is 0.119 e. The summed E-state index contributed by atoms with van der Waals surface area (Å²) >= 11 is 0. The van der Waals surface area contributed by atoms with Gasteiger partial charge in [0.1, 0.15) is 11.5 Å². The summed E-state index contributed by atoms with van der Waals surface area (Å²) < 4.78 is 5.58. The van der Waals surface area contributed by atoms with Gasteiger partial charge in [-0.2, -0.15) is 0 Å². The van der Waals surface area contributed by atoms with E-state index in [2.05, 4.69) is 11.4 Å². The van der Waals surface area contributed by atoms with Gasteiger partial charge in [-0.15, -0.1) is 0 Å². The van der Waals surface area contributed by atoms with Gasteiger partial charge in [-0.3, -0.25) is 0 Å². The summed E-state index contributed by atoms with van der Waals surface area (Å²) in [6, 6.07) is 6.83. The molecule has 0 bridgehead atoms. The number of nitrogens with one attached hydrogen (secondary N) is 1. The number of rotatable bonds is 4. The molecule has 0 saturated carbocycles. The maximum atomic E-state index is 9.11. The van der Waals surface area contributed by atoms with Crippen LogP contribution in [0.5, 0.6) is 11.5 Å². The first-order valence-corrected chi connectivity index (χ1v) is 5.65. The van der Waals surface area contributed by atoms with Crippen LogP contribution in [0.2, 0.25) is 0 Å². The molecule has 16 heavy (non-hydrogen) atoms. The fraction of sp³-hybridized carbons (Fsp3) is 0.385. The van der Waals surface area contributed by atoms with Crippen molar-refractivity contribution in [3.05, 3.63) is 35.9 Å². The van der Waals surface area contributed by atoms with Crippen molar-refractivity contribution in [1.29, 1.82) is 0 Å². The van der Waals surface area contributed by atoms with E-state index in [-0.39, 0.29) is 5.75 Å². The fourth-order valence-electron chi connectivity index (χ4n) is 1.73. The number of phenolic OH excluding ortho intramolecular Hbond substituents is 1. The SMILES string of the molecule is Oc1ccc(OCCC2=CCCNC2)cc1. The molecule has 0 amide bonds. The molecule has 0 aromatic heterocycles. The molecule has 2 rings (SSSR count). The first-order valence-electron chi connectivity index (χ1n) is 5.65. The highest BCUT2D eigenvalue weighted by atomic mass is 16.5. The molecule has 0 radical (unpaired) electrons. The maximum absolute atomic E-state index is 9.11. The second-order valence-corrected chi connectivity index (χ2v) is 3.92. The van der Waals surface area contributed by atoms with Crippen molar-refractivity contribution in [2.75, 3.05) is 19.7 Å². The van der Waals surface area contributed by atoms with Crippen LogP contribution in [0.25, 0.3) is 0 Å². The summed E-state index contributed by atoms with van der Waals surface area (Å²) in [7, 11) is 0. The average molecular weight is 219 g/mol. The minimum absolute atomic E-state index is 0.270. The lowest BCUT2D eigenvalue weighted by atomic mass is 10.1. The van der Waals surface area contributed by atoms with E-state index >= 15 is 0 Å². The van der Waals surface area contributed by atoms with Gasteiger partial charge in [-0.05, 0) is 37.2 Å². The van der Waals surface area contributed by atoms with Crippen LogP contribution in [-0.4, -0.2) is 24.8 Å². The highest BCUT2D eigenvalue weighted by Gasteiger charge is 2.02. The zero-order chi connectivity index (χ0) is 11.2. The Morgan fingerprint density at radius 3 is 2.75 bits per heavy atom. The van der Waals surface area contributed by atoms with Gasteiger partial charge in [0, 0.05) is 13.0 Å². The second kappa shape index (κ2) is 5.56. The molecule has 0 atom stereocenters. The van der Waals surface area contributed by atoms with Crippen LogP contribution in [0.3, 0.4) is 0 Å². The van der Waals surface area contributed by atoms with E-state index in [0.717, 1.165) is 31.7 Å². The normalized spacial score (nSPS) is 15.6. The predicted molar refractivity (Wildman–Crippen MR) is 63.8 cm³/mol. The van der Waals surface area contributed by atoms with Crippen molar-refractivity contribution in [2.24, 2.45) is 0 Å². The van der Waals surface area contributed by atoms with E-state index < -0.39 is 0 Å². The number of phenols is 1. The summed E-state index contributed by atoms with van der Waals surface area (Å²) in [5.41, 5.74) is 1.42. The van der Waals surface area contributed by atoms with Crippen molar-refractivity contribution in [1.82, 2.24) is 5.32 Å². The van der Waals surface area contributed by atoms with Gasteiger partial charge in [0.25, 0.3) is 0 Å². The summed E-state index contributed by atoms with van der Waals surface area (Å²) in [5, 5.41) is 12.4. The van der Waals surface area contributed by atoms with Crippen LogP contribution in [0.4, 0.5) is 0 Å². The first-order chi connectivity index (χ1) is 7.84. The Kier molecular flexibility index (Phi) is 3.83. The summed E-state index contributed by atoms with van der Waals surface area (Å²) in [6.07, 6.45) is 4.37. The van der Waals surface area contributed by atoms with Crippen LogP contribution in [0.15, 0.2) is 35.9 Å². The molecular formula is C13H17NO2. The minimum Gasteiger partial charge on any atom is -0.508 e. The number of hydrogen-bond donors (Lipinski definition) is 2. The molecular weight excluding hydrogens is 202 g/mol. The van der Waals surface area contributed by atoms with Crippen molar-refractivity contribution in [3.63, 3.8) is 0 Å². The van der Waals surface area contributed by atoms with Gasteiger partial charge in [-0.25, -0.2) is 0 Å². The Morgan fingerprint density at radius 1 is 1.25 bits per heavy atom. The molecule has 2 N–H and O–H groups in total. The Balaban J connectivity index is 1.75. The largest absolute Gasteiger partial charge is 0.508 e. The van der Waals surface area contributed by atoms with Crippen LogP contribution >= 0.6 is 0 Å². The molecule has 0 unspecified atom stereocenters. The molecule has 0 saturated heterocycles. The molecule has 86 valence electrons. The maximum Gasteiger partial charge on any atom is 0.119 e. The first kappa shape index (κ1) is 11.0. The Labute approximate surface area is 95.7 Å². The molecule has 0 aliphatic carbocycles. The third-order valence-electron chi connectivity index (χ3n) is 2.63. The molecule has 1 aliphatic heterocycles. The second-order valence-electron chi connectivity index (χ2n) is 3.92.